The predicted octanol–water partition coefficient (Wildman–Crippen LogP) is 0.321. The Morgan fingerprint density at radius 2 is 2.04 bits per heavy atom. The van der Waals surface area contributed by atoms with Gasteiger partial charge in [-0.25, -0.2) is 9.78 Å². The molecule has 0 saturated heterocycles. The Morgan fingerprint density at radius 3 is 2.57 bits per heavy atom. The highest BCUT2D eigenvalue weighted by atomic mass is 16.6. The molecular weight excluding hydrogens is 304 g/mol. The SMILES string of the molecule is CC(C)(C)OC(=O)NCCN(CC(=O)O)C(=O)Cn1ccnc1. The van der Waals surface area contributed by atoms with E-state index in [1.807, 2.05) is 0 Å². The summed E-state index contributed by atoms with van der Waals surface area (Å²) in [6, 6.07) is 0. The fraction of sp³-hybridized carbons (Fsp3) is 0.571. The van der Waals surface area contributed by atoms with Gasteiger partial charge in [0.1, 0.15) is 18.7 Å². The minimum absolute atomic E-state index is 0.0142. The molecule has 0 radical (unpaired) electrons. The van der Waals surface area contributed by atoms with Crippen molar-refractivity contribution < 1.29 is 24.2 Å². The van der Waals surface area contributed by atoms with Gasteiger partial charge in [-0.05, 0) is 20.8 Å². The smallest absolute Gasteiger partial charge is 0.407 e. The Bertz CT molecular complexity index is 536. The van der Waals surface area contributed by atoms with Crippen LogP contribution in [0.15, 0.2) is 18.7 Å². The molecular formula is C14H22N4O5. The Kier molecular flexibility index (Phi) is 6.55. The highest BCUT2D eigenvalue weighted by molar-refractivity contribution is 5.81. The first kappa shape index (κ1) is 18.5. The molecule has 1 aromatic heterocycles. The Balaban J connectivity index is 2.49. The number of carbonyl (C=O) groups is 3. The normalized spacial score (nSPS) is 10.9. The number of imidazole rings is 1. The first-order valence-corrected chi connectivity index (χ1v) is 7.09. The maximum Gasteiger partial charge on any atom is 0.407 e. The Hall–Kier alpha value is -2.58. The zero-order chi connectivity index (χ0) is 17.5. The van der Waals surface area contributed by atoms with Crippen molar-refractivity contribution in [2.24, 2.45) is 0 Å². The molecule has 9 heteroatoms. The van der Waals surface area contributed by atoms with Crippen LogP contribution in [0.2, 0.25) is 0 Å². The van der Waals surface area contributed by atoms with Crippen molar-refractivity contribution in [3.63, 3.8) is 0 Å². The molecule has 0 aromatic carbocycles. The minimum Gasteiger partial charge on any atom is -0.480 e. The highest BCUT2D eigenvalue weighted by Crippen LogP contribution is 2.06. The maximum absolute atomic E-state index is 12.1. The van der Waals surface area contributed by atoms with E-state index in [4.69, 9.17) is 9.84 Å². The van der Waals surface area contributed by atoms with E-state index in [0.29, 0.717) is 0 Å². The summed E-state index contributed by atoms with van der Waals surface area (Å²) in [5.74, 6) is -1.50. The third-order valence-corrected chi connectivity index (χ3v) is 2.61. The lowest BCUT2D eigenvalue weighted by Crippen LogP contribution is -2.43. The lowest BCUT2D eigenvalue weighted by atomic mass is 10.2. The maximum atomic E-state index is 12.1. The highest BCUT2D eigenvalue weighted by Gasteiger charge is 2.19. The van der Waals surface area contributed by atoms with Crippen LogP contribution in [0.5, 0.6) is 0 Å². The largest absolute Gasteiger partial charge is 0.480 e. The van der Waals surface area contributed by atoms with E-state index in [-0.39, 0.29) is 25.5 Å². The summed E-state index contributed by atoms with van der Waals surface area (Å²) in [6.45, 7) is 4.91. The number of carboxylic acid groups (broad SMARTS) is 1. The number of alkyl carbamates (subject to hydrolysis) is 1. The zero-order valence-electron chi connectivity index (χ0n) is 13.5. The molecule has 23 heavy (non-hydrogen) atoms. The number of hydrogen-bond donors (Lipinski definition) is 2. The molecule has 0 aliphatic heterocycles. The van der Waals surface area contributed by atoms with Gasteiger partial charge in [0.2, 0.25) is 5.91 Å². The van der Waals surface area contributed by atoms with E-state index in [1.54, 1.807) is 31.5 Å². The Labute approximate surface area is 134 Å². The van der Waals surface area contributed by atoms with Crippen LogP contribution in [0.1, 0.15) is 20.8 Å². The number of carboxylic acids is 1. The van der Waals surface area contributed by atoms with E-state index < -0.39 is 24.2 Å². The van der Waals surface area contributed by atoms with Crippen molar-refractivity contribution in [2.45, 2.75) is 32.9 Å². The Morgan fingerprint density at radius 1 is 1.35 bits per heavy atom. The van der Waals surface area contributed by atoms with Gasteiger partial charge >= 0.3 is 12.1 Å². The molecule has 2 N–H and O–H groups in total. The van der Waals surface area contributed by atoms with Gasteiger partial charge in [-0.15, -0.1) is 0 Å². The van der Waals surface area contributed by atoms with E-state index in [2.05, 4.69) is 10.3 Å². The molecule has 0 aliphatic rings. The molecule has 0 aliphatic carbocycles. The number of aliphatic carboxylic acids is 1. The summed E-state index contributed by atoms with van der Waals surface area (Å²) >= 11 is 0. The third-order valence-electron chi connectivity index (χ3n) is 2.61. The number of ether oxygens (including phenoxy) is 1. The number of nitrogens with zero attached hydrogens (tertiary/aromatic N) is 3. The number of aromatic nitrogens is 2. The van der Waals surface area contributed by atoms with Gasteiger partial charge in [-0.1, -0.05) is 0 Å². The molecule has 0 fully saturated rings. The van der Waals surface area contributed by atoms with E-state index in [0.717, 1.165) is 4.90 Å². The number of carbonyl (C=O) groups excluding carboxylic acids is 2. The van der Waals surface area contributed by atoms with Crippen LogP contribution in [0.25, 0.3) is 0 Å². The average Bonchev–Trinajstić information content (AvgIpc) is 2.87. The van der Waals surface area contributed by atoms with Gasteiger partial charge in [0.05, 0.1) is 6.33 Å². The van der Waals surface area contributed by atoms with Crippen LogP contribution in [-0.2, 0) is 20.9 Å². The molecule has 9 nitrogen and oxygen atoms in total. The third kappa shape index (κ3) is 7.84. The second-order valence-electron chi connectivity index (χ2n) is 5.87. The van der Waals surface area contributed by atoms with Crippen LogP contribution in [0.4, 0.5) is 4.79 Å². The standard InChI is InChI=1S/C14H22N4O5/c1-14(2,3)23-13(22)16-5-7-18(9-12(20)21)11(19)8-17-6-4-15-10-17/h4,6,10H,5,7-9H2,1-3H3,(H,16,22)(H,20,21). The van der Waals surface area contributed by atoms with Crippen molar-refractivity contribution in [1.82, 2.24) is 19.8 Å². The summed E-state index contributed by atoms with van der Waals surface area (Å²) in [5, 5.41) is 11.4. The van der Waals surface area contributed by atoms with Gasteiger partial charge < -0.3 is 24.6 Å². The van der Waals surface area contributed by atoms with Crippen molar-refractivity contribution >= 4 is 18.0 Å². The molecule has 1 heterocycles. The molecule has 0 spiro atoms. The average molecular weight is 326 g/mol. The molecule has 0 saturated carbocycles. The zero-order valence-corrected chi connectivity index (χ0v) is 13.5. The van der Waals surface area contributed by atoms with E-state index in [9.17, 15) is 14.4 Å². The first-order valence-electron chi connectivity index (χ1n) is 7.09. The summed E-state index contributed by atoms with van der Waals surface area (Å²) < 4.78 is 6.60. The van der Waals surface area contributed by atoms with Crippen LogP contribution < -0.4 is 5.32 Å². The number of nitrogens with one attached hydrogen (secondary N) is 1. The van der Waals surface area contributed by atoms with E-state index in [1.165, 1.54) is 12.5 Å². The second-order valence-corrected chi connectivity index (χ2v) is 5.87. The fourth-order valence-corrected chi connectivity index (χ4v) is 1.70. The fourth-order valence-electron chi connectivity index (χ4n) is 1.70. The topological polar surface area (TPSA) is 114 Å². The van der Waals surface area contributed by atoms with Crippen LogP contribution in [0.3, 0.4) is 0 Å². The molecule has 0 atom stereocenters. The van der Waals surface area contributed by atoms with Gasteiger partial charge in [0.25, 0.3) is 0 Å². The number of hydrogen-bond acceptors (Lipinski definition) is 5. The number of amides is 2. The van der Waals surface area contributed by atoms with E-state index >= 15 is 0 Å². The molecule has 0 bridgehead atoms. The van der Waals surface area contributed by atoms with Crippen LogP contribution in [0, 0.1) is 0 Å². The summed E-state index contributed by atoms with van der Waals surface area (Å²) in [6.07, 6.45) is 3.99. The predicted molar refractivity (Wildman–Crippen MR) is 80.7 cm³/mol. The lowest BCUT2D eigenvalue weighted by Gasteiger charge is -2.23. The molecule has 1 rings (SSSR count). The van der Waals surface area contributed by atoms with Crippen molar-refractivity contribution in [1.29, 1.82) is 0 Å². The van der Waals surface area contributed by atoms with Crippen molar-refractivity contribution in [2.75, 3.05) is 19.6 Å². The molecule has 1 aromatic rings. The van der Waals surface area contributed by atoms with Gasteiger partial charge in [-0.3, -0.25) is 9.59 Å². The number of rotatable bonds is 7. The van der Waals surface area contributed by atoms with Gasteiger partial charge in [-0.2, -0.15) is 0 Å². The molecule has 0 unspecified atom stereocenters. The molecule has 2 amide bonds. The lowest BCUT2D eigenvalue weighted by molar-refractivity contribution is -0.144. The summed E-state index contributed by atoms with van der Waals surface area (Å²) in [5.41, 5.74) is -0.623. The summed E-state index contributed by atoms with van der Waals surface area (Å²) in [4.78, 5) is 39.5. The molecule has 128 valence electrons. The van der Waals surface area contributed by atoms with Gasteiger partial charge in [0, 0.05) is 25.5 Å². The quantitative estimate of drug-likeness (QED) is 0.746. The van der Waals surface area contributed by atoms with Crippen LogP contribution in [-0.4, -0.2) is 62.8 Å². The van der Waals surface area contributed by atoms with Crippen molar-refractivity contribution in [3.8, 4) is 0 Å². The van der Waals surface area contributed by atoms with Gasteiger partial charge in [0.15, 0.2) is 0 Å². The minimum atomic E-state index is -1.12. The monoisotopic (exact) mass is 326 g/mol. The van der Waals surface area contributed by atoms with Crippen molar-refractivity contribution in [3.05, 3.63) is 18.7 Å². The second kappa shape index (κ2) is 8.16. The van der Waals surface area contributed by atoms with Crippen LogP contribution >= 0.6 is 0 Å². The summed E-state index contributed by atoms with van der Waals surface area (Å²) in [7, 11) is 0. The first-order chi connectivity index (χ1) is 10.7.